The highest BCUT2D eigenvalue weighted by atomic mass is 35.5. The highest BCUT2D eigenvalue weighted by Gasteiger charge is 2.16. The fourth-order valence-corrected chi connectivity index (χ4v) is 2.91. The Morgan fingerprint density at radius 3 is 2.32 bits per heavy atom. The summed E-state index contributed by atoms with van der Waals surface area (Å²) in [7, 11) is 0. The average molecular weight is 273 g/mol. The van der Waals surface area contributed by atoms with Gasteiger partial charge in [0.15, 0.2) is 0 Å². The summed E-state index contributed by atoms with van der Waals surface area (Å²) in [4.78, 5) is 6.88. The van der Waals surface area contributed by atoms with E-state index < -0.39 is 0 Å². The molecule has 2 aromatic rings. The average Bonchev–Trinajstić information content (AvgIpc) is 2.70. The minimum Gasteiger partial charge on any atom is -0.356 e. The normalized spacial score (nSPS) is 14.9. The lowest BCUT2D eigenvalue weighted by Crippen LogP contribution is -2.27. The number of halogens is 1. The first-order chi connectivity index (χ1) is 9.38. The maximum Gasteiger partial charge on any atom is 0.132 e. The van der Waals surface area contributed by atoms with Crippen LogP contribution in [0.15, 0.2) is 42.6 Å². The molecule has 3 heteroatoms. The van der Waals surface area contributed by atoms with Gasteiger partial charge in [0.25, 0.3) is 0 Å². The van der Waals surface area contributed by atoms with E-state index in [2.05, 4.69) is 40.2 Å². The minimum absolute atomic E-state index is 0.520. The largest absolute Gasteiger partial charge is 0.356 e. The number of hydrogen-bond donors (Lipinski definition) is 0. The lowest BCUT2D eigenvalue weighted by molar-refractivity contribution is 0.786. The van der Waals surface area contributed by atoms with Gasteiger partial charge in [-0.1, -0.05) is 30.3 Å². The van der Waals surface area contributed by atoms with Gasteiger partial charge in [0.2, 0.25) is 0 Å². The molecule has 0 radical (unpaired) electrons. The van der Waals surface area contributed by atoms with Crippen molar-refractivity contribution in [2.75, 3.05) is 18.0 Å². The van der Waals surface area contributed by atoms with E-state index in [1.807, 2.05) is 12.3 Å². The van der Waals surface area contributed by atoms with Gasteiger partial charge in [0.05, 0.1) is 5.88 Å². The van der Waals surface area contributed by atoms with Crippen LogP contribution in [0, 0.1) is 0 Å². The van der Waals surface area contributed by atoms with Crippen LogP contribution in [0.5, 0.6) is 0 Å². The van der Waals surface area contributed by atoms with Crippen LogP contribution < -0.4 is 4.90 Å². The van der Waals surface area contributed by atoms with Crippen LogP contribution in [0.4, 0.5) is 5.82 Å². The van der Waals surface area contributed by atoms with Gasteiger partial charge >= 0.3 is 0 Å². The van der Waals surface area contributed by atoms with E-state index in [1.54, 1.807) is 0 Å². The number of anilines is 1. The predicted molar refractivity (Wildman–Crippen MR) is 79.9 cm³/mol. The van der Waals surface area contributed by atoms with E-state index in [-0.39, 0.29) is 0 Å². The lowest BCUT2D eigenvalue weighted by Gasteiger charge is -2.23. The molecule has 1 aromatic heterocycles. The molecule has 0 spiro atoms. The summed E-state index contributed by atoms with van der Waals surface area (Å²) in [6.07, 6.45) is 4.01. The van der Waals surface area contributed by atoms with E-state index in [0.717, 1.165) is 37.3 Å². The van der Waals surface area contributed by atoms with Crippen molar-refractivity contribution in [1.29, 1.82) is 0 Å². The maximum atomic E-state index is 6.01. The van der Waals surface area contributed by atoms with Gasteiger partial charge < -0.3 is 4.90 Å². The lowest BCUT2D eigenvalue weighted by atomic mass is 10.0. The standard InChI is InChI=1S/C16H17ClN2/c17-12-15-6-3-9-18-16(15)19-10-7-13-4-1-2-5-14(13)8-11-19/h1-6,9H,7-8,10-12H2. The highest BCUT2D eigenvalue weighted by Crippen LogP contribution is 2.23. The molecule has 0 atom stereocenters. The summed E-state index contributed by atoms with van der Waals surface area (Å²) in [5, 5.41) is 0. The molecular weight excluding hydrogens is 256 g/mol. The van der Waals surface area contributed by atoms with Crippen molar-refractivity contribution >= 4 is 17.4 Å². The molecule has 3 rings (SSSR count). The number of alkyl halides is 1. The molecule has 0 saturated carbocycles. The smallest absolute Gasteiger partial charge is 0.132 e. The number of fused-ring (bicyclic) bond motifs is 1. The Bertz CT molecular complexity index is 541. The zero-order chi connectivity index (χ0) is 13.1. The Morgan fingerprint density at radius 2 is 1.68 bits per heavy atom. The third kappa shape index (κ3) is 2.59. The van der Waals surface area contributed by atoms with Crippen molar-refractivity contribution in [3.05, 3.63) is 59.3 Å². The van der Waals surface area contributed by atoms with E-state index in [1.165, 1.54) is 11.1 Å². The Hall–Kier alpha value is -1.54. The zero-order valence-electron chi connectivity index (χ0n) is 10.8. The van der Waals surface area contributed by atoms with Crippen LogP contribution in [0.2, 0.25) is 0 Å². The van der Waals surface area contributed by atoms with E-state index in [9.17, 15) is 0 Å². The fraction of sp³-hybridized carbons (Fsp3) is 0.312. The Balaban J connectivity index is 1.85. The quantitative estimate of drug-likeness (QED) is 0.779. The zero-order valence-corrected chi connectivity index (χ0v) is 11.6. The first-order valence-electron chi connectivity index (χ1n) is 6.70. The second-order valence-electron chi connectivity index (χ2n) is 4.88. The summed E-state index contributed by atoms with van der Waals surface area (Å²) in [5.41, 5.74) is 4.05. The van der Waals surface area contributed by atoms with Gasteiger partial charge in [0, 0.05) is 24.8 Å². The van der Waals surface area contributed by atoms with Crippen molar-refractivity contribution in [1.82, 2.24) is 4.98 Å². The first-order valence-corrected chi connectivity index (χ1v) is 7.23. The van der Waals surface area contributed by atoms with Crippen molar-refractivity contribution in [3.8, 4) is 0 Å². The number of pyridine rings is 1. The van der Waals surface area contributed by atoms with Gasteiger partial charge in [-0.3, -0.25) is 0 Å². The maximum absolute atomic E-state index is 6.01. The number of rotatable bonds is 2. The third-order valence-electron chi connectivity index (χ3n) is 3.73. The van der Waals surface area contributed by atoms with Crippen LogP contribution in [0.3, 0.4) is 0 Å². The number of benzene rings is 1. The SMILES string of the molecule is ClCc1cccnc1N1CCc2ccccc2CC1. The molecule has 0 saturated heterocycles. The summed E-state index contributed by atoms with van der Waals surface area (Å²) < 4.78 is 0. The predicted octanol–water partition coefficient (Wildman–Crippen LogP) is 3.43. The molecule has 2 heterocycles. The molecule has 1 aliphatic heterocycles. The van der Waals surface area contributed by atoms with Gasteiger partial charge in [0.1, 0.15) is 5.82 Å². The van der Waals surface area contributed by atoms with Crippen molar-refractivity contribution in [2.24, 2.45) is 0 Å². The Labute approximate surface area is 119 Å². The summed E-state index contributed by atoms with van der Waals surface area (Å²) >= 11 is 6.01. The molecule has 0 unspecified atom stereocenters. The van der Waals surface area contributed by atoms with Gasteiger partial charge in [-0.25, -0.2) is 4.98 Å². The van der Waals surface area contributed by atoms with Gasteiger partial charge in [-0.2, -0.15) is 0 Å². The second kappa shape index (κ2) is 5.62. The molecule has 0 fully saturated rings. The Kier molecular flexibility index (Phi) is 3.69. The van der Waals surface area contributed by atoms with E-state index >= 15 is 0 Å². The van der Waals surface area contributed by atoms with Crippen molar-refractivity contribution in [3.63, 3.8) is 0 Å². The number of nitrogens with zero attached hydrogens (tertiary/aromatic N) is 2. The first kappa shape index (κ1) is 12.5. The molecule has 0 amide bonds. The molecule has 1 aliphatic rings. The van der Waals surface area contributed by atoms with Crippen LogP contribution in [-0.2, 0) is 18.7 Å². The van der Waals surface area contributed by atoms with E-state index in [0.29, 0.717) is 5.88 Å². The third-order valence-corrected chi connectivity index (χ3v) is 4.02. The van der Waals surface area contributed by atoms with Gasteiger partial charge in [-0.05, 0) is 30.0 Å². The molecule has 98 valence electrons. The van der Waals surface area contributed by atoms with Crippen LogP contribution in [0.1, 0.15) is 16.7 Å². The van der Waals surface area contributed by atoms with E-state index in [4.69, 9.17) is 11.6 Å². The molecule has 0 bridgehead atoms. The monoisotopic (exact) mass is 272 g/mol. The van der Waals surface area contributed by atoms with Crippen molar-refractivity contribution < 1.29 is 0 Å². The fourth-order valence-electron chi connectivity index (χ4n) is 2.70. The molecule has 2 nitrogen and oxygen atoms in total. The summed E-state index contributed by atoms with van der Waals surface area (Å²) in [6, 6.07) is 12.7. The van der Waals surface area contributed by atoms with Crippen molar-refractivity contribution in [2.45, 2.75) is 18.7 Å². The minimum atomic E-state index is 0.520. The molecule has 1 aromatic carbocycles. The number of hydrogen-bond acceptors (Lipinski definition) is 2. The number of aromatic nitrogens is 1. The summed E-state index contributed by atoms with van der Waals surface area (Å²) in [5.74, 6) is 1.57. The van der Waals surface area contributed by atoms with Crippen LogP contribution in [-0.4, -0.2) is 18.1 Å². The molecule has 0 N–H and O–H groups in total. The topological polar surface area (TPSA) is 16.1 Å². The van der Waals surface area contributed by atoms with Crippen LogP contribution in [0.25, 0.3) is 0 Å². The molecule has 19 heavy (non-hydrogen) atoms. The summed E-state index contributed by atoms with van der Waals surface area (Å²) in [6.45, 7) is 2.02. The second-order valence-corrected chi connectivity index (χ2v) is 5.14. The van der Waals surface area contributed by atoms with Gasteiger partial charge in [-0.15, -0.1) is 11.6 Å². The molecule has 0 aliphatic carbocycles. The highest BCUT2D eigenvalue weighted by molar-refractivity contribution is 6.17. The van der Waals surface area contributed by atoms with Crippen LogP contribution >= 0.6 is 11.6 Å². The molecular formula is C16H17ClN2. The Morgan fingerprint density at radius 1 is 1.00 bits per heavy atom.